The first-order valence-electron chi connectivity index (χ1n) is 7.28. The molecule has 1 aromatic carbocycles. The Morgan fingerprint density at radius 1 is 1.21 bits per heavy atom. The normalized spacial score (nSPS) is 12.1. The maximum atomic E-state index is 12.4. The van der Waals surface area contributed by atoms with Crippen molar-refractivity contribution in [1.82, 2.24) is 19.6 Å². The Morgan fingerprint density at radius 3 is 2.62 bits per heavy atom. The van der Waals surface area contributed by atoms with E-state index in [2.05, 4.69) is 47.4 Å². The molecule has 0 fully saturated rings. The van der Waals surface area contributed by atoms with Crippen LogP contribution in [0.5, 0.6) is 0 Å². The monoisotopic (exact) mass is 451 g/mol. The van der Waals surface area contributed by atoms with E-state index < -0.39 is 6.04 Å². The average molecular weight is 453 g/mol. The Bertz CT molecular complexity index is 858. The summed E-state index contributed by atoms with van der Waals surface area (Å²) in [6.45, 7) is 2.44. The van der Waals surface area contributed by atoms with Crippen LogP contribution in [0.15, 0.2) is 58.0 Å². The van der Waals surface area contributed by atoms with Crippen molar-refractivity contribution in [2.45, 2.75) is 19.5 Å². The van der Waals surface area contributed by atoms with Gasteiger partial charge in [0.05, 0.1) is 27.9 Å². The molecule has 3 rings (SSSR count). The lowest BCUT2D eigenvalue weighted by atomic mass is 10.2. The number of nitrogens with zero attached hydrogens (tertiary/aromatic N) is 4. The zero-order valence-electron chi connectivity index (χ0n) is 12.9. The third kappa shape index (κ3) is 4.12. The van der Waals surface area contributed by atoms with E-state index in [9.17, 15) is 4.79 Å². The lowest BCUT2D eigenvalue weighted by Gasteiger charge is -2.13. The van der Waals surface area contributed by atoms with Crippen molar-refractivity contribution in [3.05, 3.63) is 63.6 Å². The molecule has 0 aliphatic rings. The van der Waals surface area contributed by atoms with Gasteiger partial charge in [0.15, 0.2) is 0 Å². The molecule has 1 N–H and O–H groups in total. The van der Waals surface area contributed by atoms with Gasteiger partial charge < -0.3 is 5.32 Å². The Kier molecular flexibility index (Phi) is 5.15. The number of carbonyl (C=O) groups excluding carboxylic acids is 1. The van der Waals surface area contributed by atoms with E-state index in [1.165, 1.54) is 0 Å². The molecule has 0 radical (unpaired) electrons. The van der Waals surface area contributed by atoms with Gasteiger partial charge in [-0.25, -0.2) is 0 Å². The summed E-state index contributed by atoms with van der Waals surface area (Å²) in [7, 11) is 0. The average Bonchev–Trinajstić information content (AvgIpc) is 3.15. The summed E-state index contributed by atoms with van der Waals surface area (Å²) in [6.07, 6.45) is 7.08. The molecule has 0 saturated heterocycles. The lowest BCUT2D eigenvalue weighted by molar-refractivity contribution is -0.119. The first-order valence-corrected chi connectivity index (χ1v) is 8.87. The number of anilines is 1. The van der Waals surface area contributed by atoms with Gasteiger partial charge in [0, 0.05) is 18.1 Å². The van der Waals surface area contributed by atoms with E-state index in [4.69, 9.17) is 0 Å². The van der Waals surface area contributed by atoms with Crippen molar-refractivity contribution in [1.29, 1.82) is 0 Å². The Hall–Kier alpha value is -1.93. The minimum Gasteiger partial charge on any atom is -0.324 e. The topological polar surface area (TPSA) is 64.7 Å². The Balaban J connectivity index is 1.68. The first kappa shape index (κ1) is 16.9. The number of benzene rings is 1. The molecule has 3 aromatic rings. The van der Waals surface area contributed by atoms with Gasteiger partial charge in [-0.3, -0.25) is 14.2 Å². The van der Waals surface area contributed by atoms with Crippen molar-refractivity contribution in [2.75, 3.05) is 5.32 Å². The quantitative estimate of drug-likeness (QED) is 0.639. The summed E-state index contributed by atoms with van der Waals surface area (Å²) in [6, 6.07) is 7.32. The number of hydrogen-bond acceptors (Lipinski definition) is 3. The van der Waals surface area contributed by atoms with Crippen LogP contribution in [0.4, 0.5) is 5.69 Å². The number of aromatic nitrogens is 4. The van der Waals surface area contributed by atoms with Crippen LogP contribution in [0.1, 0.15) is 18.5 Å². The zero-order chi connectivity index (χ0) is 17.1. The third-order valence-electron chi connectivity index (χ3n) is 3.49. The van der Waals surface area contributed by atoms with Crippen LogP contribution in [-0.2, 0) is 11.3 Å². The van der Waals surface area contributed by atoms with E-state index in [0.29, 0.717) is 6.54 Å². The molecule has 0 aliphatic heterocycles. The summed E-state index contributed by atoms with van der Waals surface area (Å²) >= 11 is 6.71. The summed E-state index contributed by atoms with van der Waals surface area (Å²) in [4.78, 5) is 12.4. The molecule has 24 heavy (non-hydrogen) atoms. The second-order valence-electron chi connectivity index (χ2n) is 5.36. The molecular weight excluding hydrogens is 438 g/mol. The van der Waals surface area contributed by atoms with Crippen LogP contribution in [0.25, 0.3) is 0 Å². The zero-order valence-corrected chi connectivity index (χ0v) is 16.0. The maximum absolute atomic E-state index is 12.4. The predicted molar refractivity (Wildman–Crippen MR) is 98.7 cm³/mol. The van der Waals surface area contributed by atoms with E-state index in [0.717, 1.165) is 20.2 Å². The van der Waals surface area contributed by atoms with E-state index in [-0.39, 0.29) is 5.91 Å². The molecule has 1 unspecified atom stereocenters. The Labute approximate surface area is 156 Å². The summed E-state index contributed by atoms with van der Waals surface area (Å²) in [5, 5.41) is 11.3. The van der Waals surface area contributed by atoms with Crippen LogP contribution in [0.2, 0.25) is 0 Å². The van der Waals surface area contributed by atoms with Gasteiger partial charge in [-0.1, -0.05) is 12.1 Å². The highest BCUT2D eigenvalue weighted by Gasteiger charge is 2.16. The number of halogens is 2. The highest BCUT2D eigenvalue weighted by atomic mass is 79.9. The van der Waals surface area contributed by atoms with Crippen molar-refractivity contribution >= 4 is 43.5 Å². The fraction of sp³-hybridized carbons (Fsp3) is 0.188. The van der Waals surface area contributed by atoms with Gasteiger partial charge in [0.25, 0.3) is 0 Å². The van der Waals surface area contributed by atoms with Gasteiger partial charge in [0.2, 0.25) is 5.91 Å². The van der Waals surface area contributed by atoms with Crippen molar-refractivity contribution in [3.63, 3.8) is 0 Å². The minimum absolute atomic E-state index is 0.121. The summed E-state index contributed by atoms with van der Waals surface area (Å²) < 4.78 is 5.22. The number of rotatable bonds is 5. The highest BCUT2D eigenvalue weighted by molar-refractivity contribution is 9.10. The number of amides is 1. The van der Waals surface area contributed by atoms with Crippen LogP contribution < -0.4 is 5.32 Å². The van der Waals surface area contributed by atoms with Gasteiger partial charge in [-0.2, -0.15) is 10.2 Å². The smallest absolute Gasteiger partial charge is 0.248 e. The van der Waals surface area contributed by atoms with Crippen molar-refractivity contribution < 1.29 is 4.79 Å². The first-order chi connectivity index (χ1) is 11.5. The predicted octanol–water partition coefficient (Wildman–Crippen LogP) is 3.85. The largest absolute Gasteiger partial charge is 0.324 e. The molecule has 0 aliphatic carbocycles. The minimum atomic E-state index is -0.401. The number of carbonyl (C=O) groups is 1. The van der Waals surface area contributed by atoms with Gasteiger partial charge in [-0.15, -0.1) is 0 Å². The lowest BCUT2D eigenvalue weighted by Crippen LogP contribution is -2.24. The van der Waals surface area contributed by atoms with E-state index in [1.54, 1.807) is 30.2 Å². The second-order valence-corrected chi connectivity index (χ2v) is 7.19. The van der Waals surface area contributed by atoms with E-state index >= 15 is 0 Å². The molecule has 1 atom stereocenters. The number of nitrogens with one attached hydrogen (secondary N) is 1. The SMILES string of the molecule is CC(C(=O)Nc1cccc(Cn2cc(Br)cn2)c1)n1cc(Br)cn1. The Morgan fingerprint density at radius 2 is 1.96 bits per heavy atom. The molecule has 124 valence electrons. The fourth-order valence-corrected chi connectivity index (χ4v) is 2.88. The highest BCUT2D eigenvalue weighted by Crippen LogP contribution is 2.17. The van der Waals surface area contributed by atoms with Crippen LogP contribution in [-0.4, -0.2) is 25.5 Å². The van der Waals surface area contributed by atoms with Crippen LogP contribution in [0.3, 0.4) is 0 Å². The van der Waals surface area contributed by atoms with Gasteiger partial charge >= 0.3 is 0 Å². The van der Waals surface area contributed by atoms with Crippen LogP contribution >= 0.6 is 31.9 Å². The van der Waals surface area contributed by atoms with Crippen molar-refractivity contribution in [3.8, 4) is 0 Å². The molecule has 1 amide bonds. The summed E-state index contributed by atoms with van der Waals surface area (Å²) in [5.41, 5.74) is 1.81. The molecule has 0 spiro atoms. The third-order valence-corrected chi connectivity index (χ3v) is 4.31. The van der Waals surface area contributed by atoms with E-state index in [1.807, 2.05) is 35.1 Å². The molecule has 2 heterocycles. The molecular formula is C16H15Br2N5O. The van der Waals surface area contributed by atoms with Crippen LogP contribution in [0, 0.1) is 0 Å². The number of hydrogen-bond donors (Lipinski definition) is 1. The molecule has 8 heteroatoms. The maximum Gasteiger partial charge on any atom is 0.248 e. The van der Waals surface area contributed by atoms with Gasteiger partial charge in [-0.05, 0) is 56.5 Å². The molecule has 6 nitrogen and oxygen atoms in total. The fourth-order valence-electron chi connectivity index (χ4n) is 2.25. The molecule has 0 bridgehead atoms. The standard InChI is InChI=1S/C16H15Br2N5O/c1-11(23-10-14(18)7-20-23)16(24)21-15-4-2-3-12(5-15)8-22-9-13(17)6-19-22/h2-7,9-11H,8H2,1H3,(H,21,24). The molecule has 0 saturated carbocycles. The second kappa shape index (κ2) is 7.31. The molecule has 2 aromatic heterocycles. The van der Waals surface area contributed by atoms with Gasteiger partial charge in [0.1, 0.15) is 6.04 Å². The summed E-state index contributed by atoms with van der Waals surface area (Å²) in [5.74, 6) is -0.121. The van der Waals surface area contributed by atoms with Crippen molar-refractivity contribution in [2.24, 2.45) is 0 Å².